The molecule has 0 atom stereocenters. The molecule has 0 saturated carbocycles. The zero-order valence-electron chi connectivity index (χ0n) is 14.6. The summed E-state index contributed by atoms with van der Waals surface area (Å²) in [6.07, 6.45) is 2.89. The van der Waals surface area contributed by atoms with Crippen LogP contribution in [-0.2, 0) is 6.54 Å². The van der Waals surface area contributed by atoms with Crippen LogP contribution in [0.25, 0.3) is 0 Å². The molecule has 3 rings (SSSR count). The first-order valence-electron chi connectivity index (χ1n) is 8.21. The topological polar surface area (TPSA) is 66.9 Å². The van der Waals surface area contributed by atoms with Gasteiger partial charge in [-0.05, 0) is 37.1 Å². The summed E-state index contributed by atoms with van der Waals surface area (Å²) in [5.74, 6) is -0.213. The van der Waals surface area contributed by atoms with Crippen molar-refractivity contribution in [2.24, 2.45) is 0 Å². The highest BCUT2D eigenvalue weighted by atomic mass is 19.1. The highest BCUT2D eigenvalue weighted by Gasteiger charge is 2.10. The summed E-state index contributed by atoms with van der Waals surface area (Å²) in [6.45, 7) is 4.15. The average Bonchev–Trinajstić information content (AvgIpc) is 2.65. The highest BCUT2D eigenvalue weighted by Crippen LogP contribution is 2.21. The Kier molecular flexibility index (Phi) is 5.22. The minimum atomic E-state index is -0.404. The lowest BCUT2D eigenvalue weighted by Crippen LogP contribution is -2.24. The molecule has 1 aromatic heterocycles. The van der Waals surface area contributed by atoms with Crippen molar-refractivity contribution in [2.75, 3.05) is 5.32 Å². The smallest absolute Gasteiger partial charge is 0.271 e. The van der Waals surface area contributed by atoms with Crippen molar-refractivity contribution in [3.05, 3.63) is 83.1 Å². The molecule has 0 bridgehead atoms. The number of hydrogen-bond acceptors (Lipinski definition) is 4. The van der Waals surface area contributed by atoms with Gasteiger partial charge >= 0.3 is 0 Å². The second kappa shape index (κ2) is 7.74. The average molecular weight is 350 g/mol. The van der Waals surface area contributed by atoms with Gasteiger partial charge in [0.05, 0.1) is 12.4 Å². The molecule has 0 fully saturated rings. The van der Waals surface area contributed by atoms with E-state index in [4.69, 9.17) is 0 Å². The van der Waals surface area contributed by atoms with Crippen molar-refractivity contribution in [1.29, 1.82) is 0 Å². The van der Waals surface area contributed by atoms with Crippen LogP contribution in [0.5, 0.6) is 0 Å². The molecule has 6 heteroatoms. The van der Waals surface area contributed by atoms with Crippen molar-refractivity contribution < 1.29 is 9.18 Å². The number of carbonyl (C=O) groups excluding carboxylic acids is 1. The maximum Gasteiger partial charge on any atom is 0.271 e. The Morgan fingerprint density at radius 1 is 1.04 bits per heavy atom. The van der Waals surface area contributed by atoms with Gasteiger partial charge in [0, 0.05) is 17.8 Å². The molecule has 3 aromatic rings. The van der Waals surface area contributed by atoms with Crippen LogP contribution in [0.15, 0.2) is 54.9 Å². The van der Waals surface area contributed by atoms with Gasteiger partial charge in [0.25, 0.3) is 5.91 Å². The van der Waals surface area contributed by atoms with E-state index in [1.165, 1.54) is 24.0 Å². The molecule has 26 heavy (non-hydrogen) atoms. The first-order chi connectivity index (χ1) is 12.5. The van der Waals surface area contributed by atoms with Gasteiger partial charge in [-0.25, -0.2) is 14.4 Å². The number of benzene rings is 2. The predicted octanol–water partition coefficient (Wildman–Crippen LogP) is 3.91. The van der Waals surface area contributed by atoms with Crippen LogP contribution in [0.2, 0.25) is 0 Å². The largest absolute Gasteiger partial charge is 0.346 e. The van der Waals surface area contributed by atoms with Gasteiger partial charge in [0.15, 0.2) is 0 Å². The van der Waals surface area contributed by atoms with Gasteiger partial charge < -0.3 is 10.6 Å². The lowest BCUT2D eigenvalue weighted by atomic mass is 10.1. The van der Waals surface area contributed by atoms with E-state index in [-0.39, 0.29) is 18.1 Å². The molecule has 2 aromatic carbocycles. The van der Waals surface area contributed by atoms with Crippen LogP contribution >= 0.6 is 0 Å². The number of amides is 1. The number of aryl methyl sites for hydroxylation is 1. The van der Waals surface area contributed by atoms with Crippen molar-refractivity contribution in [2.45, 2.75) is 20.4 Å². The monoisotopic (exact) mass is 350 g/mol. The third-order valence-corrected chi connectivity index (χ3v) is 4.15. The van der Waals surface area contributed by atoms with Crippen LogP contribution in [0.1, 0.15) is 27.2 Å². The Balaban J connectivity index is 1.64. The number of nitrogens with zero attached hydrogens (tertiary/aromatic N) is 2. The summed E-state index contributed by atoms with van der Waals surface area (Å²) >= 11 is 0. The normalized spacial score (nSPS) is 10.4. The van der Waals surface area contributed by atoms with Crippen molar-refractivity contribution in [3.8, 4) is 0 Å². The first-order valence-corrected chi connectivity index (χ1v) is 8.21. The van der Waals surface area contributed by atoms with Crippen LogP contribution < -0.4 is 10.6 Å². The third kappa shape index (κ3) is 4.03. The minimum absolute atomic E-state index is 0.0929. The van der Waals surface area contributed by atoms with E-state index in [2.05, 4.69) is 20.6 Å². The molecule has 0 saturated heterocycles. The van der Waals surface area contributed by atoms with Crippen LogP contribution in [-0.4, -0.2) is 15.9 Å². The molecule has 5 nitrogen and oxygen atoms in total. The van der Waals surface area contributed by atoms with Crippen LogP contribution in [0.3, 0.4) is 0 Å². The summed E-state index contributed by atoms with van der Waals surface area (Å²) in [5.41, 5.74) is 3.83. The van der Waals surface area contributed by atoms with Crippen LogP contribution in [0.4, 0.5) is 15.9 Å². The number of rotatable bonds is 5. The predicted molar refractivity (Wildman–Crippen MR) is 98.8 cm³/mol. The van der Waals surface area contributed by atoms with Gasteiger partial charge in [0.1, 0.15) is 17.3 Å². The number of aromatic nitrogens is 2. The fraction of sp³-hybridized carbons (Fsp3) is 0.150. The minimum Gasteiger partial charge on any atom is -0.346 e. The first kappa shape index (κ1) is 17.5. The second-order valence-corrected chi connectivity index (χ2v) is 5.93. The maximum atomic E-state index is 13.6. The standard InChI is InChI=1S/C20H19FN4O/c1-13-6-5-9-17(14(13)2)25-19-12-22-18(11-23-19)20(26)24-10-15-7-3-4-8-16(15)21/h3-9,11-12H,10H2,1-2H3,(H,23,25)(H,24,26). The molecule has 0 aliphatic rings. The molecule has 132 valence electrons. The number of carbonyl (C=O) groups is 1. The van der Waals surface area contributed by atoms with E-state index >= 15 is 0 Å². The van der Waals surface area contributed by atoms with E-state index in [0.717, 1.165) is 11.3 Å². The van der Waals surface area contributed by atoms with E-state index in [1.807, 2.05) is 32.0 Å². The zero-order chi connectivity index (χ0) is 18.5. The number of nitrogens with one attached hydrogen (secondary N) is 2. The van der Waals surface area contributed by atoms with Crippen molar-refractivity contribution >= 4 is 17.4 Å². The molecule has 0 spiro atoms. The summed E-state index contributed by atoms with van der Waals surface area (Å²) in [6, 6.07) is 12.3. The molecule has 1 amide bonds. The van der Waals surface area contributed by atoms with Gasteiger partial charge in [-0.1, -0.05) is 30.3 Å². The summed E-state index contributed by atoms with van der Waals surface area (Å²) < 4.78 is 13.6. The lowest BCUT2D eigenvalue weighted by Gasteiger charge is -2.11. The van der Waals surface area contributed by atoms with Gasteiger partial charge in [-0.2, -0.15) is 0 Å². The van der Waals surface area contributed by atoms with Crippen molar-refractivity contribution in [3.63, 3.8) is 0 Å². The SMILES string of the molecule is Cc1cccc(Nc2cnc(C(=O)NCc3ccccc3F)cn2)c1C. The third-order valence-electron chi connectivity index (χ3n) is 4.15. The Morgan fingerprint density at radius 2 is 1.85 bits per heavy atom. The second-order valence-electron chi connectivity index (χ2n) is 5.93. The van der Waals surface area contributed by atoms with Gasteiger partial charge in [-0.15, -0.1) is 0 Å². The Hall–Kier alpha value is -3.28. The van der Waals surface area contributed by atoms with E-state index < -0.39 is 5.91 Å². The molecule has 0 unspecified atom stereocenters. The number of anilines is 2. The number of halogens is 1. The molecule has 1 heterocycles. The lowest BCUT2D eigenvalue weighted by molar-refractivity contribution is 0.0945. The molecule has 2 N–H and O–H groups in total. The highest BCUT2D eigenvalue weighted by molar-refractivity contribution is 5.92. The number of hydrogen-bond donors (Lipinski definition) is 2. The Labute approximate surface area is 151 Å². The Morgan fingerprint density at radius 3 is 2.58 bits per heavy atom. The summed E-state index contributed by atoms with van der Waals surface area (Å²) in [4.78, 5) is 20.5. The van der Waals surface area contributed by atoms with Gasteiger partial charge in [-0.3, -0.25) is 4.79 Å². The zero-order valence-corrected chi connectivity index (χ0v) is 14.6. The van der Waals surface area contributed by atoms with E-state index in [0.29, 0.717) is 11.4 Å². The van der Waals surface area contributed by atoms with Crippen LogP contribution in [0, 0.1) is 19.7 Å². The molecular weight excluding hydrogens is 331 g/mol. The molecular formula is C20H19FN4O. The molecule has 0 aliphatic carbocycles. The van der Waals surface area contributed by atoms with Gasteiger partial charge in [0.2, 0.25) is 0 Å². The fourth-order valence-corrected chi connectivity index (χ4v) is 2.44. The summed E-state index contributed by atoms with van der Waals surface area (Å²) in [5, 5.41) is 5.83. The quantitative estimate of drug-likeness (QED) is 0.732. The van der Waals surface area contributed by atoms with Crippen molar-refractivity contribution in [1.82, 2.24) is 15.3 Å². The van der Waals surface area contributed by atoms with E-state index in [9.17, 15) is 9.18 Å². The fourth-order valence-electron chi connectivity index (χ4n) is 2.44. The summed E-state index contributed by atoms with van der Waals surface area (Å²) in [7, 11) is 0. The Bertz CT molecular complexity index is 925. The maximum absolute atomic E-state index is 13.6. The molecule has 0 aliphatic heterocycles. The molecule has 0 radical (unpaired) electrons. The van der Waals surface area contributed by atoms with E-state index in [1.54, 1.807) is 18.2 Å².